The van der Waals surface area contributed by atoms with Gasteiger partial charge < -0.3 is 5.11 Å². The summed E-state index contributed by atoms with van der Waals surface area (Å²) in [5, 5.41) is 10.4. The molecule has 2 aliphatic rings. The Labute approximate surface area is 134 Å². The standard InChI is InChI=1S/C17H32O5/c1-4-15(2,3)19-21-17(13-9-6-10-14-17)22-20-16(18)11-7-5-8-12-16/h18H,4-14H2,1-3H3. The first-order valence-electron chi connectivity index (χ1n) is 8.85. The Morgan fingerprint density at radius 1 is 0.818 bits per heavy atom. The molecule has 22 heavy (non-hydrogen) atoms. The van der Waals surface area contributed by atoms with Crippen LogP contribution < -0.4 is 0 Å². The lowest BCUT2D eigenvalue weighted by atomic mass is 9.94. The summed E-state index contributed by atoms with van der Waals surface area (Å²) in [6.45, 7) is 6.02. The zero-order chi connectivity index (χ0) is 16.1. The van der Waals surface area contributed by atoms with Crippen molar-refractivity contribution in [3.63, 3.8) is 0 Å². The van der Waals surface area contributed by atoms with Gasteiger partial charge in [-0.3, -0.25) is 0 Å². The minimum atomic E-state index is -1.17. The van der Waals surface area contributed by atoms with Crippen molar-refractivity contribution in [2.75, 3.05) is 0 Å². The second-order valence-electron chi connectivity index (χ2n) is 7.42. The van der Waals surface area contributed by atoms with Crippen LogP contribution in [0, 0.1) is 0 Å². The lowest BCUT2D eigenvalue weighted by molar-refractivity contribution is -0.566. The minimum Gasteiger partial charge on any atom is -0.363 e. The largest absolute Gasteiger partial charge is 0.363 e. The Kier molecular flexibility index (Phi) is 6.25. The quantitative estimate of drug-likeness (QED) is 0.429. The molecule has 5 heteroatoms. The summed E-state index contributed by atoms with van der Waals surface area (Å²) < 4.78 is 0. The molecule has 0 aromatic carbocycles. The summed E-state index contributed by atoms with van der Waals surface area (Å²) in [6, 6.07) is 0. The fraction of sp³-hybridized carbons (Fsp3) is 1.00. The molecule has 0 bridgehead atoms. The van der Waals surface area contributed by atoms with E-state index in [1.165, 1.54) is 0 Å². The van der Waals surface area contributed by atoms with Crippen molar-refractivity contribution in [2.24, 2.45) is 0 Å². The van der Waals surface area contributed by atoms with Crippen molar-refractivity contribution in [1.82, 2.24) is 0 Å². The van der Waals surface area contributed by atoms with Crippen molar-refractivity contribution in [2.45, 2.75) is 109 Å². The molecule has 0 aromatic rings. The average molecular weight is 316 g/mol. The molecule has 0 unspecified atom stereocenters. The van der Waals surface area contributed by atoms with Gasteiger partial charge in [-0.25, -0.2) is 4.89 Å². The van der Waals surface area contributed by atoms with Crippen LogP contribution in [0.3, 0.4) is 0 Å². The third-order valence-corrected chi connectivity index (χ3v) is 4.87. The fourth-order valence-electron chi connectivity index (χ4n) is 2.86. The maximum atomic E-state index is 10.4. The van der Waals surface area contributed by atoms with Crippen LogP contribution in [0.1, 0.15) is 91.4 Å². The Hall–Kier alpha value is -0.200. The van der Waals surface area contributed by atoms with E-state index in [1.54, 1.807) is 0 Å². The molecular formula is C17H32O5. The summed E-state index contributed by atoms with van der Waals surface area (Å²) in [6.07, 6.45) is 9.78. The predicted molar refractivity (Wildman–Crippen MR) is 82.6 cm³/mol. The highest BCUT2D eigenvalue weighted by Crippen LogP contribution is 2.38. The van der Waals surface area contributed by atoms with Gasteiger partial charge in [0.2, 0.25) is 5.79 Å². The normalized spacial score (nSPS) is 25.1. The van der Waals surface area contributed by atoms with E-state index in [0.29, 0.717) is 12.8 Å². The van der Waals surface area contributed by atoms with Gasteiger partial charge in [0.05, 0.1) is 5.60 Å². The molecule has 5 nitrogen and oxygen atoms in total. The number of rotatable bonds is 7. The molecule has 0 spiro atoms. The Morgan fingerprint density at radius 2 is 1.36 bits per heavy atom. The topological polar surface area (TPSA) is 57.2 Å². The first kappa shape index (κ1) is 18.1. The van der Waals surface area contributed by atoms with Crippen molar-refractivity contribution in [3.05, 3.63) is 0 Å². The monoisotopic (exact) mass is 316 g/mol. The van der Waals surface area contributed by atoms with E-state index in [9.17, 15) is 5.11 Å². The first-order valence-corrected chi connectivity index (χ1v) is 8.85. The van der Waals surface area contributed by atoms with Gasteiger partial charge in [-0.15, -0.1) is 0 Å². The molecule has 1 N–H and O–H groups in total. The van der Waals surface area contributed by atoms with E-state index < -0.39 is 11.6 Å². The highest BCUT2D eigenvalue weighted by atomic mass is 17.3. The van der Waals surface area contributed by atoms with Gasteiger partial charge >= 0.3 is 0 Å². The van der Waals surface area contributed by atoms with E-state index in [2.05, 4.69) is 6.92 Å². The molecule has 0 aliphatic heterocycles. The van der Waals surface area contributed by atoms with E-state index in [0.717, 1.165) is 57.8 Å². The highest BCUT2D eigenvalue weighted by Gasteiger charge is 2.42. The summed E-state index contributed by atoms with van der Waals surface area (Å²) in [5.74, 6) is -2.07. The molecule has 0 aromatic heterocycles. The molecule has 0 amide bonds. The maximum Gasteiger partial charge on any atom is 0.234 e. The van der Waals surface area contributed by atoms with E-state index >= 15 is 0 Å². The third kappa shape index (κ3) is 5.17. The van der Waals surface area contributed by atoms with Crippen LogP contribution in [-0.4, -0.2) is 22.3 Å². The van der Waals surface area contributed by atoms with E-state index in [-0.39, 0.29) is 5.60 Å². The van der Waals surface area contributed by atoms with Crippen LogP contribution in [0.4, 0.5) is 0 Å². The van der Waals surface area contributed by atoms with E-state index in [4.69, 9.17) is 19.6 Å². The molecular weight excluding hydrogens is 284 g/mol. The summed E-state index contributed by atoms with van der Waals surface area (Å²) >= 11 is 0. The maximum absolute atomic E-state index is 10.4. The minimum absolute atomic E-state index is 0.366. The predicted octanol–water partition coefficient (Wildman–Crippen LogP) is 4.38. The van der Waals surface area contributed by atoms with Gasteiger partial charge in [-0.05, 0) is 46.0 Å². The summed E-state index contributed by atoms with van der Waals surface area (Å²) in [5.41, 5.74) is -0.366. The lowest BCUT2D eigenvalue weighted by Crippen LogP contribution is -2.45. The number of aliphatic hydroxyl groups is 1. The Balaban J connectivity index is 1.93. The Morgan fingerprint density at radius 3 is 1.91 bits per heavy atom. The van der Waals surface area contributed by atoms with Crippen LogP contribution >= 0.6 is 0 Å². The molecule has 2 saturated carbocycles. The number of hydrogen-bond donors (Lipinski definition) is 1. The molecule has 130 valence electrons. The van der Waals surface area contributed by atoms with Crippen LogP contribution in [0.2, 0.25) is 0 Å². The second-order valence-corrected chi connectivity index (χ2v) is 7.42. The van der Waals surface area contributed by atoms with Crippen LogP contribution in [0.25, 0.3) is 0 Å². The fourth-order valence-corrected chi connectivity index (χ4v) is 2.86. The van der Waals surface area contributed by atoms with Crippen LogP contribution in [0.15, 0.2) is 0 Å². The van der Waals surface area contributed by atoms with Gasteiger partial charge in [0.25, 0.3) is 0 Å². The van der Waals surface area contributed by atoms with Gasteiger partial charge in [0, 0.05) is 25.7 Å². The van der Waals surface area contributed by atoms with Gasteiger partial charge in [0.1, 0.15) is 0 Å². The van der Waals surface area contributed by atoms with Gasteiger partial charge in [-0.1, -0.05) is 19.8 Å². The average Bonchev–Trinajstić information content (AvgIpc) is 2.53. The lowest BCUT2D eigenvalue weighted by Gasteiger charge is -2.39. The SMILES string of the molecule is CCC(C)(C)OOC1(OOC2(O)CCCCC2)CCCCC1. The van der Waals surface area contributed by atoms with Gasteiger partial charge in [0.15, 0.2) is 5.79 Å². The van der Waals surface area contributed by atoms with Crippen molar-refractivity contribution >= 4 is 0 Å². The van der Waals surface area contributed by atoms with Crippen molar-refractivity contribution in [1.29, 1.82) is 0 Å². The molecule has 0 atom stereocenters. The molecule has 2 fully saturated rings. The molecule has 2 aliphatic carbocycles. The molecule has 0 radical (unpaired) electrons. The molecule has 0 saturated heterocycles. The molecule has 2 rings (SSSR count). The number of hydrogen-bond acceptors (Lipinski definition) is 5. The van der Waals surface area contributed by atoms with E-state index in [1.807, 2.05) is 13.8 Å². The summed E-state index contributed by atoms with van der Waals surface area (Å²) in [4.78, 5) is 22.4. The van der Waals surface area contributed by atoms with Gasteiger partial charge in [-0.2, -0.15) is 14.7 Å². The second kappa shape index (κ2) is 7.58. The zero-order valence-electron chi connectivity index (χ0n) is 14.4. The molecule has 0 heterocycles. The van der Waals surface area contributed by atoms with Crippen LogP contribution in [-0.2, 0) is 19.6 Å². The summed E-state index contributed by atoms with van der Waals surface area (Å²) in [7, 11) is 0. The van der Waals surface area contributed by atoms with Crippen molar-refractivity contribution in [3.8, 4) is 0 Å². The zero-order valence-corrected chi connectivity index (χ0v) is 14.4. The highest BCUT2D eigenvalue weighted by molar-refractivity contribution is 4.75. The smallest absolute Gasteiger partial charge is 0.234 e. The van der Waals surface area contributed by atoms with Crippen molar-refractivity contribution < 1.29 is 24.7 Å². The third-order valence-electron chi connectivity index (χ3n) is 4.87. The first-order chi connectivity index (χ1) is 10.4. The Bertz CT molecular complexity index is 330. The van der Waals surface area contributed by atoms with Crippen LogP contribution in [0.5, 0.6) is 0 Å².